The van der Waals surface area contributed by atoms with Gasteiger partial charge in [0.05, 0.1) is 17.2 Å². The normalized spacial score (nSPS) is 11.8. The Morgan fingerprint density at radius 1 is 1.17 bits per heavy atom. The summed E-state index contributed by atoms with van der Waals surface area (Å²) in [4.78, 5) is 12.2. The number of hydrogen-bond acceptors (Lipinski definition) is 3. The molecule has 0 saturated carbocycles. The van der Waals surface area contributed by atoms with Gasteiger partial charge < -0.3 is 4.74 Å². The zero-order valence-corrected chi connectivity index (χ0v) is 14.4. The van der Waals surface area contributed by atoms with Crippen molar-refractivity contribution in [3.8, 4) is 5.75 Å². The number of ether oxygens (including phenoxy) is 1. The number of carbonyl (C=O) groups excluding carboxylic acids is 1. The Labute approximate surface area is 145 Å². The highest BCUT2D eigenvalue weighted by atomic mass is 35.5. The molecule has 122 valence electrons. The van der Waals surface area contributed by atoms with E-state index in [9.17, 15) is 4.79 Å². The van der Waals surface area contributed by atoms with Crippen molar-refractivity contribution in [3.63, 3.8) is 0 Å². The molecule has 0 aromatic heterocycles. The predicted octanol–water partition coefficient (Wildman–Crippen LogP) is 3.87. The zero-order valence-electron chi connectivity index (χ0n) is 12.9. The lowest BCUT2D eigenvalue weighted by Gasteiger charge is -2.15. The monoisotopic (exact) mass is 352 g/mol. The van der Waals surface area contributed by atoms with Crippen LogP contribution in [0, 0.1) is 0 Å². The second-order valence-electron chi connectivity index (χ2n) is 5.16. The van der Waals surface area contributed by atoms with Gasteiger partial charge in [-0.1, -0.05) is 53.5 Å². The van der Waals surface area contributed by atoms with E-state index in [1.54, 1.807) is 0 Å². The van der Waals surface area contributed by atoms with E-state index < -0.39 is 0 Å². The second kappa shape index (κ2) is 8.20. The molecule has 23 heavy (non-hydrogen) atoms. The Morgan fingerprint density at radius 3 is 2.35 bits per heavy atom. The van der Waals surface area contributed by atoms with Gasteiger partial charge >= 0.3 is 0 Å². The minimum atomic E-state index is -0.309. The van der Waals surface area contributed by atoms with Crippen LogP contribution in [0.1, 0.15) is 22.8 Å². The number of hydrazine groups is 1. The number of carbonyl (C=O) groups is 1. The van der Waals surface area contributed by atoms with Crippen LogP contribution in [-0.2, 0) is 6.42 Å². The van der Waals surface area contributed by atoms with Crippen molar-refractivity contribution in [2.45, 2.75) is 19.4 Å². The Balaban J connectivity index is 1.94. The summed E-state index contributed by atoms with van der Waals surface area (Å²) in [6, 6.07) is 13.2. The number of rotatable bonds is 6. The number of nitrogens with one attached hydrogen (secondary N) is 2. The van der Waals surface area contributed by atoms with Crippen LogP contribution in [0.3, 0.4) is 0 Å². The molecule has 6 heteroatoms. The molecule has 2 rings (SSSR count). The molecule has 0 radical (unpaired) electrons. The topological polar surface area (TPSA) is 50.4 Å². The first-order valence-corrected chi connectivity index (χ1v) is 7.89. The Morgan fingerprint density at radius 2 is 1.78 bits per heavy atom. The maximum atomic E-state index is 12.2. The third kappa shape index (κ3) is 4.86. The lowest BCUT2D eigenvalue weighted by Crippen LogP contribution is -2.43. The van der Waals surface area contributed by atoms with Crippen molar-refractivity contribution < 1.29 is 9.53 Å². The largest absolute Gasteiger partial charge is 0.494 e. The number of methoxy groups -OCH3 is 1. The van der Waals surface area contributed by atoms with Gasteiger partial charge in [-0.3, -0.25) is 10.2 Å². The van der Waals surface area contributed by atoms with Crippen molar-refractivity contribution in [1.82, 2.24) is 10.9 Å². The van der Waals surface area contributed by atoms with Crippen LogP contribution in [0.15, 0.2) is 42.5 Å². The van der Waals surface area contributed by atoms with Crippen molar-refractivity contribution in [2.75, 3.05) is 7.11 Å². The van der Waals surface area contributed by atoms with E-state index in [1.165, 1.54) is 24.8 Å². The van der Waals surface area contributed by atoms with Crippen LogP contribution in [-0.4, -0.2) is 19.1 Å². The van der Waals surface area contributed by atoms with Gasteiger partial charge in [0.15, 0.2) is 5.75 Å². The molecule has 0 saturated heterocycles. The lowest BCUT2D eigenvalue weighted by atomic mass is 10.1. The minimum Gasteiger partial charge on any atom is -0.494 e. The fourth-order valence-corrected chi connectivity index (χ4v) is 2.81. The number of hydrogen-bond donors (Lipinski definition) is 2. The smallest absolute Gasteiger partial charge is 0.265 e. The van der Waals surface area contributed by atoms with Gasteiger partial charge in [0.25, 0.3) is 5.91 Å². The summed E-state index contributed by atoms with van der Waals surface area (Å²) in [5.41, 5.74) is 7.20. The van der Waals surface area contributed by atoms with E-state index in [2.05, 4.69) is 10.9 Å². The molecule has 2 N–H and O–H groups in total. The predicted molar refractivity (Wildman–Crippen MR) is 93.2 cm³/mol. The highest BCUT2D eigenvalue weighted by molar-refractivity contribution is 6.37. The van der Waals surface area contributed by atoms with Crippen LogP contribution >= 0.6 is 23.2 Å². The summed E-state index contributed by atoms with van der Waals surface area (Å²) in [6.07, 6.45) is 0.797. The lowest BCUT2D eigenvalue weighted by molar-refractivity contribution is 0.0926. The van der Waals surface area contributed by atoms with Crippen LogP contribution in [0.5, 0.6) is 5.75 Å². The SMILES string of the molecule is COc1c(Cl)cc(C(=O)NNC(C)Cc2ccccc2)cc1Cl. The molecule has 0 fully saturated rings. The van der Waals surface area contributed by atoms with E-state index >= 15 is 0 Å². The standard InChI is InChI=1S/C17H18Cl2N2O2/c1-11(8-12-6-4-3-5-7-12)20-21-17(22)13-9-14(18)16(23-2)15(19)10-13/h3-7,9-11,20H,8H2,1-2H3,(H,21,22). The van der Waals surface area contributed by atoms with Gasteiger partial charge in [0.1, 0.15) is 0 Å². The Bertz CT molecular complexity index is 655. The maximum absolute atomic E-state index is 12.2. The average Bonchev–Trinajstić information content (AvgIpc) is 2.53. The van der Waals surface area contributed by atoms with Gasteiger partial charge in [-0.15, -0.1) is 0 Å². The van der Waals surface area contributed by atoms with E-state index in [0.717, 1.165) is 6.42 Å². The van der Waals surface area contributed by atoms with E-state index in [-0.39, 0.29) is 11.9 Å². The van der Waals surface area contributed by atoms with Crippen molar-refractivity contribution in [3.05, 3.63) is 63.6 Å². The van der Waals surface area contributed by atoms with Gasteiger partial charge in [-0.2, -0.15) is 0 Å². The average molecular weight is 353 g/mol. The number of benzene rings is 2. The van der Waals surface area contributed by atoms with E-state index in [0.29, 0.717) is 21.4 Å². The summed E-state index contributed by atoms with van der Waals surface area (Å²) in [5, 5.41) is 0.588. The molecule has 4 nitrogen and oxygen atoms in total. The first-order valence-electron chi connectivity index (χ1n) is 7.14. The first kappa shape index (κ1) is 17.6. The summed E-state index contributed by atoms with van der Waals surface area (Å²) >= 11 is 12.1. The molecule has 1 amide bonds. The molecule has 0 aliphatic heterocycles. The zero-order chi connectivity index (χ0) is 16.8. The highest BCUT2D eigenvalue weighted by Crippen LogP contribution is 2.33. The van der Waals surface area contributed by atoms with Gasteiger partial charge in [0, 0.05) is 11.6 Å². The third-order valence-electron chi connectivity index (χ3n) is 3.28. The molecular weight excluding hydrogens is 335 g/mol. The van der Waals surface area contributed by atoms with Crippen LogP contribution < -0.4 is 15.6 Å². The van der Waals surface area contributed by atoms with Crippen LogP contribution in [0.2, 0.25) is 10.0 Å². The minimum absolute atomic E-state index is 0.0746. The Kier molecular flexibility index (Phi) is 6.28. The van der Waals surface area contributed by atoms with Gasteiger partial charge in [-0.25, -0.2) is 5.43 Å². The third-order valence-corrected chi connectivity index (χ3v) is 3.84. The summed E-state index contributed by atoms with van der Waals surface area (Å²) in [7, 11) is 1.47. The first-order chi connectivity index (χ1) is 11.0. The molecule has 1 unspecified atom stereocenters. The van der Waals surface area contributed by atoms with Crippen LogP contribution in [0.4, 0.5) is 0 Å². The van der Waals surface area contributed by atoms with Gasteiger partial charge in [0.2, 0.25) is 0 Å². The molecule has 0 aliphatic rings. The van der Waals surface area contributed by atoms with E-state index in [1.807, 2.05) is 37.3 Å². The number of halogens is 2. The van der Waals surface area contributed by atoms with Crippen molar-refractivity contribution in [2.24, 2.45) is 0 Å². The molecule has 1 atom stereocenters. The van der Waals surface area contributed by atoms with Crippen molar-refractivity contribution >= 4 is 29.1 Å². The summed E-state index contributed by atoms with van der Waals surface area (Å²) < 4.78 is 5.06. The maximum Gasteiger partial charge on any atom is 0.265 e. The quantitative estimate of drug-likeness (QED) is 0.776. The molecular formula is C17H18Cl2N2O2. The molecule has 2 aromatic carbocycles. The summed E-state index contributed by atoms with van der Waals surface area (Å²) in [6.45, 7) is 1.99. The Hall–Kier alpha value is -1.75. The summed E-state index contributed by atoms with van der Waals surface area (Å²) in [5.74, 6) is 0.0478. The fraction of sp³-hybridized carbons (Fsp3) is 0.235. The fourth-order valence-electron chi connectivity index (χ4n) is 2.17. The van der Waals surface area contributed by atoms with Crippen molar-refractivity contribution in [1.29, 1.82) is 0 Å². The van der Waals surface area contributed by atoms with Gasteiger partial charge in [-0.05, 0) is 31.0 Å². The van der Waals surface area contributed by atoms with E-state index in [4.69, 9.17) is 27.9 Å². The highest BCUT2D eigenvalue weighted by Gasteiger charge is 2.14. The van der Waals surface area contributed by atoms with Crippen LogP contribution in [0.25, 0.3) is 0 Å². The molecule has 0 heterocycles. The number of amides is 1. The second-order valence-corrected chi connectivity index (χ2v) is 5.98. The molecule has 2 aromatic rings. The molecule has 0 aliphatic carbocycles. The molecule has 0 spiro atoms. The molecule has 0 bridgehead atoms.